The van der Waals surface area contributed by atoms with Crippen LogP contribution in [0.3, 0.4) is 0 Å². The molecule has 0 atom stereocenters. The van der Waals surface area contributed by atoms with Gasteiger partial charge in [0, 0.05) is 9.05 Å². The molecule has 0 spiro atoms. The molecule has 36 valence electrons. The topological polar surface area (TPSA) is 35.5 Å². The minimum atomic E-state index is -1.99. The first kappa shape index (κ1) is 5.13. The van der Waals surface area contributed by atoms with E-state index in [2.05, 4.69) is 9.88 Å². The van der Waals surface area contributed by atoms with Crippen molar-refractivity contribution >= 4 is 6.16 Å². The molecule has 0 saturated carbocycles. The van der Waals surface area contributed by atoms with Crippen molar-refractivity contribution in [1.82, 2.24) is 0 Å². The lowest BCUT2D eigenvalue weighted by Crippen LogP contribution is -1.91. The quantitative estimate of drug-likeness (QED) is 0.451. The lowest BCUT2D eigenvalue weighted by atomic mass is 11.4. The highest BCUT2D eigenvalue weighted by Gasteiger charge is 1.99. The second-order valence-corrected chi connectivity index (χ2v) is 0.404. The first-order chi connectivity index (χ1) is 2.81. The Morgan fingerprint density at radius 1 is 1.33 bits per heavy atom. The van der Waals surface area contributed by atoms with Gasteiger partial charge in [0.15, 0.2) is 0 Å². The second kappa shape index (κ2) is 2.37. The molecule has 0 aliphatic heterocycles. The average Bonchev–Trinajstić information content (AvgIpc) is 1.65. The predicted molar refractivity (Wildman–Crippen MR) is 9.78 cm³/mol. The molecular weight excluding hydrogens is 98.0 g/mol. The van der Waals surface area contributed by atoms with E-state index >= 15 is 0 Å². The van der Waals surface area contributed by atoms with Crippen molar-refractivity contribution in [2.75, 3.05) is 0 Å². The van der Waals surface area contributed by atoms with Crippen LogP contribution in [0.5, 0.6) is 0 Å². The van der Waals surface area contributed by atoms with Gasteiger partial charge in [-0.1, -0.05) is 0 Å². The first-order valence-corrected chi connectivity index (χ1v) is 0.921. The summed E-state index contributed by atoms with van der Waals surface area (Å²) < 4.78 is 20.3. The van der Waals surface area contributed by atoms with Crippen LogP contribution in [0, 0.1) is 0 Å². The molecule has 0 rings (SSSR count). The van der Waals surface area contributed by atoms with E-state index in [0.29, 0.717) is 0 Å². The van der Waals surface area contributed by atoms with Crippen molar-refractivity contribution in [2.24, 2.45) is 0 Å². The predicted octanol–water partition coefficient (Wildman–Crippen LogP) is 0.909. The number of hydrogen-bond acceptors (Lipinski definition) is 3. The van der Waals surface area contributed by atoms with Crippen molar-refractivity contribution in [3.63, 3.8) is 0 Å². The van der Waals surface area contributed by atoms with Gasteiger partial charge in [0.1, 0.15) is 0 Å². The molecule has 0 heterocycles. The van der Waals surface area contributed by atoms with E-state index in [0.717, 1.165) is 0 Å². The highest BCUT2D eigenvalue weighted by atomic mass is 19.3. The van der Waals surface area contributed by atoms with Crippen LogP contribution in [-0.4, -0.2) is 6.16 Å². The first-order valence-electron chi connectivity index (χ1n) is 0.921. The number of carbonyl (C=O) groups is 1. The van der Waals surface area contributed by atoms with Crippen LogP contribution in [0.4, 0.5) is 13.8 Å². The maximum atomic E-state index is 10.2. The fraction of sp³-hybridized carbons (Fsp3) is 0. The van der Waals surface area contributed by atoms with Crippen molar-refractivity contribution in [3.05, 3.63) is 0 Å². The van der Waals surface area contributed by atoms with Gasteiger partial charge in [-0.3, -0.25) is 0 Å². The summed E-state index contributed by atoms with van der Waals surface area (Å²) >= 11 is 0. The summed E-state index contributed by atoms with van der Waals surface area (Å²) in [4.78, 5) is 13.3. The van der Waals surface area contributed by atoms with Gasteiger partial charge in [0.05, 0.1) is 0 Å². The van der Waals surface area contributed by atoms with E-state index in [-0.39, 0.29) is 0 Å². The van der Waals surface area contributed by atoms with Crippen LogP contribution >= 0.6 is 0 Å². The number of halogens is 2. The Morgan fingerprint density at radius 3 is 1.67 bits per heavy atom. The van der Waals surface area contributed by atoms with Gasteiger partial charge in [0.2, 0.25) is 0 Å². The Bertz CT molecular complexity index is 46.8. The summed E-state index contributed by atoms with van der Waals surface area (Å²) in [5.41, 5.74) is 0. The lowest BCUT2D eigenvalue weighted by molar-refractivity contribution is -0.167. The van der Waals surface area contributed by atoms with Crippen LogP contribution in [0.25, 0.3) is 0 Å². The summed E-state index contributed by atoms with van der Waals surface area (Å²) in [5, 5.41) is 0. The van der Waals surface area contributed by atoms with Gasteiger partial charge in [0.25, 0.3) is 0 Å². The zero-order valence-electron chi connectivity index (χ0n) is 2.48. The minimum Gasteiger partial charge on any atom is -0.211 e. The van der Waals surface area contributed by atoms with E-state index in [1.165, 1.54) is 0 Å². The van der Waals surface area contributed by atoms with Crippen LogP contribution in [0.2, 0.25) is 0 Å². The van der Waals surface area contributed by atoms with E-state index in [1.807, 2.05) is 0 Å². The molecule has 0 aromatic heterocycles. The number of hydrogen-bond donors (Lipinski definition) is 0. The van der Waals surface area contributed by atoms with Crippen molar-refractivity contribution in [3.8, 4) is 0 Å². The molecular formula is CF2O3. The smallest absolute Gasteiger partial charge is 0.211 e. The fourth-order valence-electron chi connectivity index (χ4n) is 0.0119. The van der Waals surface area contributed by atoms with E-state index < -0.39 is 6.16 Å². The molecule has 0 amide bonds. The molecule has 6 heavy (non-hydrogen) atoms. The molecule has 3 nitrogen and oxygen atoms in total. The number of rotatable bonds is 0. The van der Waals surface area contributed by atoms with Gasteiger partial charge in [-0.05, 0) is 0 Å². The molecule has 0 radical (unpaired) electrons. The maximum Gasteiger partial charge on any atom is 0.581 e. The Balaban J connectivity index is 2.99. The summed E-state index contributed by atoms with van der Waals surface area (Å²) in [6.45, 7) is 0. The van der Waals surface area contributed by atoms with Gasteiger partial charge in [-0.15, -0.1) is 0 Å². The van der Waals surface area contributed by atoms with Crippen molar-refractivity contribution in [1.29, 1.82) is 0 Å². The van der Waals surface area contributed by atoms with Crippen molar-refractivity contribution in [2.45, 2.75) is 0 Å². The third kappa shape index (κ3) is 1.45. The summed E-state index contributed by atoms with van der Waals surface area (Å²) in [7, 11) is 0. The summed E-state index contributed by atoms with van der Waals surface area (Å²) in [6, 6.07) is 0. The molecule has 5 heteroatoms. The van der Waals surface area contributed by atoms with Gasteiger partial charge < -0.3 is 0 Å². The van der Waals surface area contributed by atoms with E-state index in [9.17, 15) is 9.05 Å². The van der Waals surface area contributed by atoms with Gasteiger partial charge >= 0.3 is 6.16 Å². The molecule has 0 aromatic rings. The van der Waals surface area contributed by atoms with Crippen LogP contribution in [0.15, 0.2) is 0 Å². The van der Waals surface area contributed by atoms with Gasteiger partial charge in [-0.2, -0.15) is 4.79 Å². The summed E-state index contributed by atoms with van der Waals surface area (Å²) in [6.07, 6.45) is -1.99. The molecule has 0 unspecified atom stereocenters. The molecule has 0 bridgehead atoms. The molecule has 0 aliphatic carbocycles. The average molecular weight is 98.0 g/mol. The second-order valence-electron chi connectivity index (χ2n) is 0.404. The fourth-order valence-corrected chi connectivity index (χ4v) is 0.0119. The highest BCUT2D eigenvalue weighted by molar-refractivity contribution is 5.57. The lowest BCUT2D eigenvalue weighted by Gasteiger charge is -1.76. The largest absolute Gasteiger partial charge is 0.581 e. The molecule has 0 fully saturated rings. The Labute approximate surface area is 31.3 Å². The summed E-state index contributed by atoms with van der Waals surface area (Å²) in [5.74, 6) is 0. The molecule has 0 aromatic carbocycles. The Hall–Kier alpha value is -0.870. The zero-order valence-corrected chi connectivity index (χ0v) is 2.48. The van der Waals surface area contributed by atoms with Crippen LogP contribution in [0.1, 0.15) is 0 Å². The third-order valence-corrected chi connectivity index (χ3v) is 0.126. The molecule has 0 aliphatic rings. The zero-order chi connectivity index (χ0) is 4.99. The van der Waals surface area contributed by atoms with E-state index in [1.54, 1.807) is 0 Å². The van der Waals surface area contributed by atoms with Gasteiger partial charge in [-0.25, -0.2) is 9.88 Å². The monoisotopic (exact) mass is 98.0 g/mol. The SMILES string of the molecule is O=C(OF)OF. The van der Waals surface area contributed by atoms with E-state index in [4.69, 9.17) is 4.79 Å². The maximum absolute atomic E-state index is 10.2. The minimum absolute atomic E-state index is 1.99. The number of carbonyl (C=O) groups excluding carboxylic acids is 1. The van der Waals surface area contributed by atoms with Crippen LogP contribution < -0.4 is 0 Å². The van der Waals surface area contributed by atoms with Crippen molar-refractivity contribution < 1.29 is 23.7 Å². The van der Waals surface area contributed by atoms with Crippen LogP contribution in [-0.2, 0) is 9.88 Å². The third-order valence-electron chi connectivity index (χ3n) is 0.126. The molecule has 0 saturated heterocycles. The normalized spacial score (nSPS) is 7.00. The Kier molecular flexibility index (Phi) is 2.03. The molecule has 0 N–H and O–H groups in total. The standard InChI is InChI=1S/CF2O3/c2-5-1(4)6-3. The highest BCUT2D eigenvalue weighted by Crippen LogP contribution is 1.82. The Morgan fingerprint density at radius 2 is 1.67 bits per heavy atom.